The minimum Gasteiger partial charge on any atom is -0.378 e. The van der Waals surface area contributed by atoms with Crippen molar-refractivity contribution in [3.8, 4) is 0 Å². The van der Waals surface area contributed by atoms with Crippen molar-refractivity contribution in [3.05, 3.63) is 127 Å². The Morgan fingerprint density at radius 2 is 1.15 bits per heavy atom. The molecule has 33 heavy (non-hydrogen) atoms. The van der Waals surface area contributed by atoms with Gasteiger partial charge in [-0.1, -0.05) is 95.3 Å². The molecule has 1 aliphatic carbocycles. The van der Waals surface area contributed by atoms with Crippen molar-refractivity contribution in [2.75, 3.05) is 13.2 Å². The van der Waals surface area contributed by atoms with E-state index in [4.69, 9.17) is 4.74 Å². The number of ether oxygens (including phenoxy) is 1. The zero-order chi connectivity index (χ0) is 23.1. The monoisotopic (exact) mass is 483 g/mol. The average Bonchev–Trinajstić information content (AvgIpc) is 3.41. The first-order valence-electron chi connectivity index (χ1n) is 11.0. The molecule has 0 amide bonds. The van der Waals surface area contributed by atoms with Crippen LogP contribution in [0.2, 0.25) is 0 Å². The van der Waals surface area contributed by atoms with Gasteiger partial charge in [0.15, 0.2) is 0 Å². The number of hydrogen-bond acceptors (Lipinski definition) is 2. The fourth-order valence-electron chi connectivity index (χ4n) is 3.89. The Balaban J connectivity index is 0.000000297. The van der Waals surface area contributed by atoms with Gasteiger partial charge in [-0.2, -0.15) is 0 Å². The Hall–Kier alpha value is -1.16. The molecule has 0 bridgehead atoms. The van der Waals surface area contributed by atoms with Crippen LogP contribution in [-0.4, -0.2) is 18.3 Å². The molecule has 10 radical (unpaired) electrons. The summed E-state index contributed by atoms with van der Waals surface area (Å²) in [5, 5.41) is 15.4. The number of nitrogens with zero attached hydrogens (tertiary/aromatic N) is 1. The Labute approximate surface area is 212 Å². The van der Waals surface area contributed by atoms with Gasteiger partial charge in [-0.05, 0) is 53.6 Å². The van der Waals surface area contributed by atoms with Gasteiger partial charge in [0, 0.05) is 6.54 Å². The summed E-state index contributed by atoms with van der Waals surface area (Å²) in [5.74, 6) is 7.34. The molecule has 0 aromatic heterocycles. The molecule has 1 N–H and O–H groups in total. The van der Waals surface area contributed by atoms with Crippen LogP contribution in [0.1, 0.15) is 45.7 Å². The molecule has 1 heterocycles. The third kappa shape index (κ3) is 6.93. The Kier molecular flexibility index (Phi) is 11.1. The van der Waals surface area contributed by atoms with Crippen LogP contribution in [0.3, 0.4) is 0 Å². The van der Waals surface area contributed by atoms with Gasteiger partial charge in [0.2, 0.25) is 0 Å². The minimum absolute atomic E-state index is 0. The van der Waals surface area contributed by atoms with E-state index in [9.17, 15) is 5.11 Å². The van der Waals surface area contributed by atoms with Crippen molar-refractivity contribution in [2.45, 2.75) is 40.2 Å². The van der Waals surface area contributed by atoms with E-state index >= 15 is 0 Å². The maximum absolute atomic E-state index is 11.2. The fourth-order valence-corrected chi connectivity index (χ4v) is 3.89. The minimum atomic E-state index is -1.17. The Morgan fingerprint density at radius 1 is 0.727 bits per heavy atom. The zero-order valence-electron chi connectivity index (χ0n) is 20.1. The van der Waals surface area contributed by atoms with Crippen LogP contribution in [0, 0.1) is 55.0 Å². The van der Waals surface area contributed by atoms with E-state index < -0.39 is 5.60 Å². The summed E-state index contributed by atoms with van der Waals surface area (Å²) in [7, 11) is 0. The molecule has 4 heteroatoms. The van der Waals surface area contributed by atoms with Crippen molar-refractivity contribution in [3.63, 3.8) is 0 Å². The predicted molar refractivity (Wildman–Crippen MR) is 130 cm³/mol. The number of benzene rings is 2. The Bertz CT molecular complexity index is 709. The molecule has 2 aromatic carbocycles. The molecule has 4 rings (SSSR count). The number of aliphatic hydroxyl groups is 1. The van der Waals surface area contributed by atoms with Gasteiger partial charge in [0.1, 0.15) is 5.60 Å². The van der Waals surface area contributed by atoms with Crippen LogP contribution in [0.25, 0.3) is 0 Å². The zero-order valence-corrected chi connectivity index (χ0v) is 21.2. The molecule has 2 aromatic rings. The van der Waals surface area contributed by atoms with E-state index in [1.165, 1.54) is 29.6 Å². The summed E-state index contributed by atoms with van der Waals surface area (Å²) in [4.78, 5) is 0. The van der Waals surface area contributed by atoms with Crippen LogP contribution in [0.5, 0.6) is 0 Å². The van der Waals surface area contributed by atoms with Gasteiger partial charge < -0.3 is 9.84 Å². The molecule has 1 saturated carbocycles. The molecule has 172 valence electrons. The molecule has 2 fully saturated rings. The van der Waals surface area contributed by atoms with E-state index in [1.54, 1.807) is 6.54 Å². The van der Waals surface area contributed by atoms with Crippen molar-refractivity contribution in [1.82, 2.24) is 5.32 Å². The van der Waals surface area contributed by atoms with Crippen LogP contribution >= 0.6 is 0 Å². The van der Waals surface area contributed by atoms with Crippen molar-refractivity contribution >= 4 is 0 Å². The summed E-state index contributed by atoms with van der Waals surface area (Å²) in [6.45, 7) is 13.3. The summed E-state index contributed by atoms with van der Waals surface area (Å²) in [5.41, 5.74) is 0.461. The number of hydrogen-bond donors (Lipinski definition) is 1. The normalized spacial score (nSPS) is 19.3. The van der Waals surface area contributed by atoms with Crippen molar-refractivity contribution in [2.24, 2.45) is 0 Å². The van der Waals surface area contributed by atoms with E-state index in [-0.39, 0.29) is 23.7 Å². The molecule has 2 aliphatic rings. The maximum atomic E-state index is 11.2. The topological polar surface area (TPSA) is 43.6 Å². The van der Waals surface area contributed by atoms with Crippen LogP contribution in [0.15, 0.2) is 60.7 Å². The summed E-state index contributed by atoms with van der Waals surface area (Å²) >= 11 is 0. The van der Waals surface area contributed by atoms with Crippen LogP contribution in [-0.2, 0) is 27.4 Å². The van der Waals surface area contributed by atoms with E-state index in [2.05, 4.69) is 39.9 Å². The first-order valence-corrected chi connectivity index (χ1v) is 11.0. The summed E-state index contributed by atoms with van der Waals surface area (Å²) in [6.07, 6.45) is 3.78. The van der Waals surface area contributed by atoms with Gasteiger partial charge in [0.05, 0.1) is 19.3 Å². The second-order valence-electron chi connectivity index (χ2n) is 8.34. The van der Waals surface area contributed by atoms with Crippen LogP contribution < -0.4 is 5.32 Å². The summed E-state index contributed by atoms with van der Waals surface area (Å²) < 4.78 is 5.74. The molecule has 0 spiro atoms. The predicted octanol–water partition coefficient (Wildman–Crippen LogP) is 5.63. The smallest absolute Gasteiger partial charge is 0.378 e. The van der Waals surface area contributed by atoms with Crippen molar-refractivity contribution in [1.29, 1.82) is 0 Å². The maximum Gasteiger partial charge on any atom is 2.00 e. The third-order valence-electron chi connectivity index (χ3n) is 6.49. The standard InChI is InChI=1S/C19H18NO2.C10H15.Fe/c21-19(16-8-3-1-4-9-16,17-10-5-2-6-11-17)15-22-14-18-12-7-13-20-18;1-6-7(2)9(4)10(5)8(6)3;/h1-13,21H,14-15H2;1-5H3;/q;;+2. The fraction of sp³-hybridized carbons (Fsp3) is 0.276. The molecule has 1 aliphatic heterocycles. The SMILES string of the molecule is C[C]1[C](C)[C](C)[C](C)[C]1C.OC(COC[C]1[CH][CH][CH][N]1)(c1ccccc1)c1ccccc1.[Fe+2]. The van der Waals surface area contributed by atoms with E-state index in [0.29, 0.717) is 6.61 Å². The van der Waals surface area contributed by atoms with Crippen molar-refractivity contribution < 1.29 is 26.9 Å². The molecule has 0 unspecified atom stereocenters. The quantitative estimate of drug-likeness (QED) is 0.542. The number of rotatable bonds is 6. The third-order valence-corrected chi connectivity index (χ3v) is 6.49. The molecule has 0 atom stereocenters. The van der Waals surface area contributed by atoms with Gasteiger partial charge in [-0.15, -0.1) is 0 Å². The van der Waals surface area contributed by atoms with Gasteiger partial charge in [-0.25, -0.2) is 5.32 Å². The first kappa shape index (κ1) is 28.1. The van der Waals surface area contributed by atoms with Gasteiger partial charge in [0.25, 0.3) is 0 Å². The second kappa shape index (κ2) is 13.1. The van der Waals surface area contributed by atoms with E-state index in [0.717, 1.165) is 17.2 Å². The van der Waals surface area contributed by atoms with Gasteiger partial charge in [-0.3, -0.25) is 0 Å². The Morgan fingerprint density at radius 3 is 1.52 bits per heavy atom. The molecule has 3 nitrogen and oxygen atoms in total. The second-order valence-corrected chi connectivity index (χ2v) is 8.34. The first-order chi connectivity index (χ1) is 15.3. The van der Waals surface area contributed by atoms with Gasteiger partial charge >= 0.3 is 17.1 Å². The largest absolute Gasteiger partial charge is 2.00 e. The van der Waals surface area contributed by atoms with E-state index in [1.807, 2.05) is 73.5 Å². The molecular formula is C29H33FeNO2+2. The average molecular weight is 483 g/mol. The molecule has 1 saturated heterocycles. The van der Waals surface area contributed by atoms with Crippen LogP contribution in [0.4, 0.5) is 0 Å². The summed E-state index contributed by atoms with van der Waals surface area (Å²) in [6, 6.07) is 20.1. The molecular weight excluding hydrogens is 450 g/mol.